The monoisotopic (exact) mass is 224 g/mol. The SMILES string of the molecule is CC1OCCC1N(C)c1cccc(F)c1N. The largest absolute Gasteiger partial charge is 0.395 e. The van der Waals surface area contributed by atoms with Crippen molar-refractivity contribution in [1.29, 1.82) is 0 Å². The second kappa shape index (κ2) is 4.29. The predicted octanol–water partition coefficient (Wildman–Crippen LogP) is 2.02. The molecule has 1 aromatic carbocycles. The number of halogens is 1. The van der Waals surface area contributed by atoms with Crippen molar-refractivity contribution in [2.45, 2.75) is 25.5 Å². The highest BCUT2D eigenvalue weighted by Crippen LogP contribution is 2.30. The average molecular weight is 224 g/mol. The normalized spacial score (nSPS) is 24.7. The molecule has 2 unspecified atom stereocenters. The summed E-state index contributed by atoms with van der Waals surface area (Å²) < 4.78 is 18.8. The van der Waals surface area contributed by atoms with Gasteiger partial charge in [0.15, 0.2) is 0 Å². The molecular weight excluding hydrogens is 207 g/mol. The maximum absolute atomic E-state index is 13.3. The van der Waals surface area contributed by atoms with Crippen LogP contribution in [0.25, 0.3) is 0 Å². The Morgan fingerprint density at radius 3 is 2.88 bits per heavy atom. The van der Waals surface area contributed by atoms with E-state index in [0.717, 1.165) is 18.7 Å². The molecule has 0 amide bonds. The molecular formula is C12H17FN2O. The number of hydrogen-bond acceptors (Lipinski definition) is 3. The van der Waals surface area contributed by atoms with Gasteiger partial charge in [-0.25, -0.2) is 4.39 Å². The summed E-state index contributed by atoms with van der Waals surface area (Å²) in [5.74, 6) is -0.365. The molecule has 2 atom stereocenters. The van der Waals surface area contributed by atoms with Crippen molar-refractivity contribution in [3.63, 3.8) is 0 Å². The number of nitrogens with zero attached hydrogens (tertiary/aromatic N) is 1. The van der Waals surface area contributed by atoms with Crippen LogP contribution < -0.4 is 10.6 Å². The minimum Gasteiger partial charge on any atom is -0.395 e. The molecule has 2 N–H and O–H groups in total. The van der Waals surface area contributed by atoms with Crippen molar-refractivity contribution < 1.29 is 9.13 Å². The fraction of sp³-hybridized carbons (Fsp3) is 0.500. The summed E-state index contributed by atoms with van der Waals surface area (Å²) in [5.41, 5.74) is 6.69. The van der Waals surface area contributed by atoms with Crippen LogP contribution in [0.4, 0.5) is 15.8 Å². The number of nitrogen functional groups attached to an aromatic ring is 1. The number of benzene rings is 1. The van der Waals surface area contributed by atoms with Crippen LogP contribution in [-0.4, -0.2) is 25.8 Å². The van der Waals surface area contributed by atoms with Gasteiger partial charge in [0, 0.05) is 13.7 Å². The van der Waals surface area contributed by atoms with E-state index >= 15 is 0 Å². The summed E-state index contributed by atoms with van der Waals surface area (Å²) in [4.78, 5) is 2.01. The van der Waals surface area contributed by atoms with E-state index < -0.39 is 0 Å². The molecule has 1 aliphatic rings. The van der Waals surface area contributed by atoms with Crippen LogP contribution in [0.15, 0.2) is 18.2 Å². The highest BCUT2D eigenvalue weighted by Gasteiger charge is 2.29. The van der Waals surface area contributed by atoms with Gasteiger partial charge in [0.25, 0.3) is 0 Å². The van der Waals surface area contributed by atoms with Crippen molar-refractivity contribution in [3.8, 4) is 0 Å². The average Bonchev–Trinajstić information content (AvgIpc) is 2.68. The predicted molar refractivity (Wildman–Crippen MR) is 63.0 cm³/mol. The molecule has 16 heavy (non-hydrogen) atoms. The minimum absolute atomic E-state index is 0.160. The Labute approximate surface area is 95.0 Å². The third-order valence-corrected chi connectivity index (χ3v) is 3.24. The molecule has 0 saturated carbocycles. The molecule has 2 rings (SSSR count). The van der Waals surface area contributed by atoms with Crippen LogP contribution >= 0.6 is 0 Å². The van der Waals surface area contributed by atoms with Crippen LogP contribution in [0.5, 0.6) is 0 Å². The van der Waals surface area contributed by atoms with Crippen molar-refractivity contribution in [1.82, 2.24) is 0 Å². The van der Waals surface area contributed by atoms with Gasteiger partial charge in [-0.05, 0) is 25.5 Å². The van der Waals surface area contributed by atoms with E-state index in [1.165, 1.54) is 6.07 Å². The summed E-state index contributed by atoms with van der Waals surface area (Å²) in [6.07, 6.45) is 1.11. The highest BCUT2D eigenvalue weighted by molar-refractivity contribution is 5.68. The third-order valence-electron chi connectivity index (χ3n) is 3.24. The van der Waals surface area contributed by atoms with E-state index in [2.05, 4.69) is 0 Å². The number of hydrogen-bond donors (Lipinski definition) is 1. The fourth-order valence-electron chi connectivity index (χ4n) is 2.24. The zero-order valence-corrected chi connectivity index (χ0v) is 9.61. The molecule has 0 aliphatic carbocycles. The van der Waals surface area contributed by atoms with Gasteiger partial charge in [0.1, 0.15) is 5.82 Å². The molecule has 1 aromatic rings. The minimum atomic E-state index is -0.365. The van der Waals surface area contributed by atoms with Crippen molar-refractivity contribution in [2.24, 2.45) is 0 Å². The summed E-state index contributed by atoms with van der Waals surface area (Å²) >= 11 is 0. The number of nitrogens with two attached hydrogens (primary N) is 1. The molecule has 0 spiro atoms. The fourth-order valence-corrected chi connectivity index (χ4v) is 2.24. The lowest BCUT2D eigenvalue weighted by atomic mass is 10.1. The maximum Gasteiger partial charge on any atom is 0.148 e. The lowest BCUT2D eigenvalue weighted by Crippen LogP contribution is -2.37. The van der Waals surface area contributed by atoms with E-state index in [9.17, 15) is 4.39 Å². The Kier molecular flexibility index (Phi) is 3.01. The molecule has 1 fully saturated rings. The first-order valence-electron chi connectivity index (χ1n) is 5.49. The smallest absolute Gasteiger partial charge is 0.148 e. The van der Waals surface area contributed by atoms with Gasteiger partial charge in [-0.3, -0.25) is 0 Å². The zero-order valence-electron chi connectivity index (χ0n) is 9.61. The Bertz CT molecular complexity index is 383. The molecule has 4 heteroatoms. The van der Waals surface area contributed by atoms with E-state index in [4.69, 9.17) is 10.5 Å². The summed E-state index contributed by atoms with van der Waals surface area (Å²) in [6, 6.07) is 5.16. The Morgan fingerprint density at radius 2 is 2.25 bits per heavy atom. The number of para-hydroxylation sites is 1. The maximum atomic E-state index is 13.3. The first-order chi connectivity index (χ1) is 7.61. The van der Waals surface area contributed by atoms with Crippen LogP contribution in [0.1, 0.15) is 13.3 Å². The number of likely N-dealkylation sites (N-methyl/N-ethyl adjacent to an activating group) is 1. The molecule has 0 radical (unpaired) electrons. The molecule has 88 valence electrons. The lowest BCUT2D eigenvalue weighted by molar-refractivity contribution is 0.118. The molecule has 0 aromatic heterocycles. The van der Waals surface area contributed by atoms with E-state index in [1.54, 1.807) is 6.07 Å². The first kappa shape index (κ1) is 11.2. The van der Waals surface area contributed by atoms with Gasteiger partial charge < -0.3 is 15.4 Å². The molecule has 3 nitrogen and oxygen atoms in total. The van der Waals surface area contributed by atoms with Gasteiger partial charge in [-0.15, -0.1) is 0 Å². The summed E-state index contributed by atoms with van der Waals surface area (Å²) in [6.45, 7) is 2.79. The van der Waals surface area contributed by atoms with Gasteiger partial charge >= 0.3 is 0 Å². The first-order valence-corrected chi connectivity index (χ1v) is 5.49. The summed E-state index contributed by atoms with van der Waals surface area (Å²) in [7, 11) is 1.93. The van der Waals surface area contributed by atoms with Crippen LogP contribution in [-0.2, 0) is 4.74 Å². The standard InChI is InChI=1S/C12H17FN2O/c1-8-10(6-7-16-8)15(2)11-5-3-4-9(13)12(11)14/h3-5,8,10H,6-7,14H2,1-2H3. The van der Waals surface area contributed by atoms with Crippen molar-refractivity contribution in [3.05, 3.63) is 24.0 Å². The van der Waals surface area contributed by atoms with Gasteiger partial charge in [0.05, 0.1) is 23.5 Å². The highest BCUT2D eigenvalue weighted by atomic mass is 19.1. The Balaban J connectivity index is 2.26. The second-order valence-corrected chi connectivity index (χ2v) is 4.22. The Morgan fingerprint density at radius 1 is 1.50 bits per heavy atom. The van der Waals surface area contributed by atoms with E-state index in [0.29, 0.717) is 0 Å². The quantitative estimate of drug-likeness (QED) is 0.781. The third kappa shape index (κ3) is 1.85. The van der Waals surface area contributed by atoms with Gasteiger partial charge in [-0.2, -0.15) is 0 Å². The molecule has 1 saturated heterocycles. The molecule has 0 bridgehead atoms. The van der Waals surface area contributed by atoms with E-state index in [1.807, 2.05) is 24.9 Å². The van der Waals surface area contributed by atoms with Crippen molar-refractivity contribution in [2.75, 3.05) is 24.3 Å². The van der Waals surface area contributed by atoms with Gasteiger partial charge in [0.2, 0.25) is 0 Å². The lowest BCUT2D eigenvalue weighted by Gasteiger charge is -2.29. The van der Waals surface area contributed by atoms with Crippen LogP contribution in [0, 0.1) is 5.82 Å². The van der Waals surface area contributed by atoms with Crippen LogP contribution in [0.2, 0.25) is 0 Å². The number of anilines is 2. The zero-order chi connectivity index (χ0) is 11.7. The molecule has 1 heterocycles. The number of ether oxygens (including phenoxy) is 1. The second-order valence-electron chi connectivity index (χ2n) is 4.22. The Hall–Kier alpha value is -1.29. The van der Waals surface area contributed by atoms with E-state index in [-0.39, 0.29) is 23.7 Å². The number of rotatable bonds is 2. The van der Waals surface area contributed by atoms with Gasteiger partial charge in [-0.1, -0.05) is 6.07 Å². The molecule has 1 aliphatic heterocycles. The summed E-state index contributed by atoms with van der Waals surface area (Å²) in [5, 5.41) is 0. The van der Waals surface area contributed by atoms with Crippen molar-refractivity contribution >= 4 is 11.4 Å². The topological polar surface area (TPSA) is 38.5 Å². The van der Waals surface area contributed by atoms with Crippen LogP contribution in [0.3, 0.4) is 0 Å².